The lowest BCUT2D eigenvalue weighted by Gasteiger charge is -2.35. The van der Waals surface area contributed by atoms with Crippen LogP contribution in [0, 0.1) is 11.8 Å². The van der Waals surface area contributed by atoms with E-state index in [9.17, 15) is 9.59 Å². The molecule has 1 unspecified atom stereocenters. The highest BCUT2D eigenvalue weighted by Gasteiger charge is 2.31. The predicted molar refractivity (Wildman–Crippen MR) is 78.2 cm³/mol. The second-order valence-electron chi connectivity index (χ2n) is 5.90. The molecule has 0 aromatic carbocycles. The summed E-state index contributed by atoms with van der Waals surface area (Å²) >= 11 is 0. The standard InChI is InChI=1S/C15H28N2O3/c1-5-20-15(19)13-7-6-8-17(10-13)12(4)14(18)16-9-11(2)3/h11-13H,5-10H2,1-4H3,(H,16,18)/t12?,13-/m0/s1. The van der Waals surface area contributed by atoms with Crippen LogP contribution < -0.4 is 5.32 Å². The van der Waals surface area contributed by atoms with Gasteiger partial charge in [-0.25, -0.2) is 0 Å². The van der Waals surface area contributed by atoms with Crippen LogP contribution >= 0.6 is 0 Å². The Morgan fingerprint density at radius 2 is 2.05 bits per heavy atom. The SMILES string of the molecule is CCOC(=O)[C@H]1CCCN(C(C)C(=O)NCC(C)C)C1. The van der Waals surface area contributed by atoms with Crippen LogP contribution in [0.15, 0.2) is 0 Å². The van der Waals surface area contributed by atoms with Gasteiger partial charge in [-0.05, 0) is 39.2 Å². The first kappa shape index (κ1) is 17.0. The first-order chi connectivity index (χ1) is 9.45. The highest BCUT2D eigenvalue weighted by Crippen LogP contribution is 2.19. The number of esters is 1. The maximum Gasteiger partial charge on any atom is 0.310 e. The molecule has 1 N–H and O–H groups in total. The van der Waals surface area contributed by atoms with Gasteiger partial charge in [0, 0.05) is 13.1 Å². The van der Waals surface area contributed by atoms with Crippen molar-refractivity contribution < 1.29 is 14.3 Å². The molecule has 0 aromatic rings. The molecular weight excluding hydrogens is 256 g/mol. The highest BCUT2D eigenvalue weighted by atomic mass is 16.5. The fourth-order valence-corrected chi connectivity index (χ4v) is 2.43. The quantitative estimate of drug-likeness (QED) is 0.750. The minimum Gasteiger partial charge on any atom is -0.466 e. The minimum absolute atomic E-state index is 0.0446. The third-order valence-electron chi connectivity index (χ3n) is 3.68. The summed E-state index contributed by atoms with van der Waals surface area (Å²) in [6.07, 6.45) is 1.79. The molecule has 1 rings (SSSR count). The van der Waals surface area contributed by atoms with Crippen molar-refractivity contribution in [2.45, 2.75) is 46.6 Å². The number of nitrogens with one attached hydrogen (secondary N) is 1. The van der Waals surface area contributed by atoms with Crippen LogP contribution in [0.2, 0.25) is 0 Å². The third kappa shape index (κ3) is 5.12. The summed E-state index contributed by atoms with van der Waals surface area (Å²) in [7, 11) is 0. The first-order valence-corrected chi connectivity index (χ1v) is 7.64. The van der Waals surface area contributed by atoms with Crippen molar-refractivity contribution in [3.8, 4) is 0 Å². The van der Waals surface area contributed by atoms with Crippen molar-refractivity contribution in [2.24, 2.45) is 11.8 Å². The summed E-state index contributed by atoms with van der Waals surface area (Å²) in [6, 6.07) is -0.189. The van der Waals surface area contributed by atoms with Gasteiger partial charge in [-0.3, -0.25) is 14.5 Å². The number of rotatable bonds is 6. The van der Waals surface area contributed by atoms with E-state index < -0.39 is 0 Å². The molecule has 20 heavy (non-hydrogen) atoms. The van der Waals surface area contributed by atoms with Crippen LogP contribution in [-0.4, -0.2) is 49.1 Å². The second kappa shape index (κ2) is 8.25. The summed E-state index contributed by atoms with van der Waals surface area (Å²) in [5, 5.41) is 2.95. The first-order valence-electron chi connectivity index (χ1n) is 7.64. The van der Waals surface area contributed by atoms with Gasteiger partial charge >= 0.3 is 5.97 Å². The zero-order valence-electron chi connectivity index (χ0n) is 13.1. The zero-order valence-corrected chi connectivity index (χ0v) is 13.1. The monoisotopic (exact) mass is 284 g/mol. The summed E-state index contributed by atoms with van der Waals surface area (Å²) in [5.41, 5.74) is 0. The third-order valence-corrected chi connectivity index (χ3v) is 3.68. The van der Waals surface area contributed by atoms with Gasteiger partial charge in [0.2, 0.25) is 5.91 Å². The Hall–Kier alpha value is -1.10. The lowest BCUT2D eigenvalue weighted by molar-refractivity contribution is -0.151. The summed E-state index contributed by atoms with van der Waals surface area (Å²) in [5.74, 6) is 0.263. The molecule has 1 aliphatic rings. The van der Waals surface area contributed by atoms with Gasteiger partial charge < -0.3 is 10.1 Å². The Bertz CT molecular complexity index is 331. The molecule has 2 atom stereocenters. The minimum atomic E-state index is -0.189. The molecule has 0 bridgehead atoms. The van der Waals surface area contributed by atoms with Crippen molar-refractivity contribution in [1.82, 2.24) is 10.2 Å². The molecule has 0 radical (unpaired) electrons. The molecule has 0 saturated carbocycles. The van der Waals surface area contributed by atoms with E-state index in [-0.39, 0.29) is 23.8 Å². The van der Waals surface area contributed by atoms with Gasteiger partial charge in [-0.2, -0.15) is 0 Å². The molecule has 1 saturated heterocycles. The Morgan fingerprint density at radius 1 is 1.35 bits per heavy atom. The molecule has 1 aliphatic heterocycles. The number of nitrogens with zero attached hydrogens (tertiary/aromatic N) is 1. The summed E-state index contributed by atoms with van der Waals surface area (Å²) < 4.78 is 5.08. The second-order valence-corrected chi connectivity index (χ2v) is 5.90. The molecule has 5 nitrogen and oxygen atoms in total. The van der Waals surface area contributed by atoms with E-state index in [1.807, 2.05) is 13.8 Å². The van der Waals surface area contributed by atoms with Crippen molar-refractivity contribution >= 4 is 11.9 Å². The maximum absolute atomic E-state index is 12.1. The number of carbonyl (C=O) groups excluding carboxylic acids is 2. The Morgan fingerprint density at radius 3 is 2.65 bits per heavy atom. The van der Waals surface area contributed by atoms with Gasteiger partial charge in [0.25, 0.3) is 0 Å². The molecule has 0 spiro atoms. The smallest absolute Gasteiger partial charge is 0.310 e. The van der Waals surface area contributed by atoms with Crippen LogP contribution in [0.1, 0.15) is 40.5 Å². The van der Waals surface area contributed by atoms with Gasteiger partial charge in [-0.15, -0.1) is 0 Å². The van der Waals surface area contributed by atoms with E-state index in [1.54, 1.807) is 0 Å². The van der Waals surface area contributed by atoms with Crippen LogP contribution in [0.5, 0.6) is 0 Å². The van der Waals surface area contributed by atoms with E-state index >= 15 is 0 Å². The molecule has 1 heterocycles. The van der Waals surface area contributed by atoms with Gasteiger partial charge in [0.1, 0.15) is 0 Å². The fraction of sp³-hybridized carbons (Fsp3) is 0.867. The van der Waals surface area contributed by atoms with Crippen molar-refractivity contribution in [1.29, 1.82) is 0 Å². The number of piperidine rings is 1. The van der Waals surface area contributed by atoms with Crippen molar-refractivity contribution in [3.05, 3.63) is 0 Å². The molecule has 5 heteroatoms. The average Bonchev–Trinajstić information content (AvgIpc) is 2.44. The van der Waals surface area contributed by atoms with Crippen LogP contribution in [-0.2, 0) is 14.3 Å². The van der Waals surface area contributed by atoms with Gasteiger partial charge in [0.15, 0.2) is 0 Å². The van der Waals surface area contributed by atoms with Gasteiger partial charge in [0.05, 0.1) is 18.6 Å². The Labute approximate surface area is 122 Å². The number of hydrogen-bond acceptors (Lipinski definition) is 4. The van der Waals surface area contributed by atoms with E-state index in [2.05, 4.69) is 24.1 Å². The van der Waals surface area contributed by atoms with Gasteiger partial charge in [-0.1, -0.05) is 13.8 Å². The number of amides is 1. The number of ether oxygens (including phenoxy) is 1. The zero-order chi connectivity index (χ0) is 15.1. The number of hydrogen-bond donors (Lipinski definition) is 1. The molecular formula is C15H28N2O3. The van der Waals surface area contributed by atoms with Crippen molar-refractivity contribution in [3.63, 3.8) is 0 Å². The highest BCUT2D eigenvalue weighted by molar-refractivity contribution is 5.81. The largest absolute Gasteiger partial charge is 0.466 e. The Kier molecular flexibility index (Phi) is 6.99. The fourth-order valence-electron chi connectivity index (χ4n) is 2.43. The number of likely N-dealkylation sites (tertiary alicyclic amines) is 1. The van der Waals surface area contributed by atoms with Crippen LogP contribution in [0.4, 0.5) is 0 Å². The normalized spacial score (nSPS) is 21.6. The van der Waals surface area contributed by atoms with Crippen LogP contribution in [0.3, 0.4) is 0 Å². The molecule has 1 fully saturated rings. The van der Waals surface area contributed by atoms with Crippen molar-refractivity contribution in [2.75, 3.05) is 26.2 Å². The van der Waals surface area contributed by atoms with E-state index in [0.717, 1.165) is 19.4 Å². The van der Waals surface area contributed by atoms with Crippen LogP contribution in [0.25, 0.3) is 0 Å². The maximum atomic E-state index is 12.1. The summed E-state index contributed by atoms with van der Waals surface area (Å²) in [6.45, 7) is 10.5. The molecule has 116 valence electrons. The topological polar surface area (TPSA) is 58.6 Å². The Balaban J connectivity index is 2.49. The summed E-state index contributed by atoms with van der Waals surface area (Å²) in [4.78, 5) is 26.0. The van der Waals surface area contributed by atoms with E-state index in [1.165, 1.54) is 0 Å². The molecule has 1 amide bonds. The molecule has 0 aliphatic carbocycles. The lowest BCUT2D eigenvalue weighted by atomic mass is 9.97. The number of carbonyl (C=O) groups is 2. The average molecular weight is 284 g/mol. The lowest BCUT2D eigenvalue weighted by Crippen LogP contribution is -2.50. The van der Waals surface area contributed by atoms with E-state index in [0.29, 0.717) is 25.6 Å². The predicted octanol–water partition coefficient (Wildman–Crippen LogP) is 1.42. The van der Waals surface area contributed by atoms with E-state index in [4.69, 9.17) is 4.74 Å². The molecule has 0 aromatic heterocycles.